The predicted molar refractivity (Wildman–Crippen MR) is 48.1 cm³/mol. The quantitative estimate of drug-likeness (QED) is 0.667. The molecule has 0 N–H and O–H groups in total. The summed E-state index contributed by atoms with van der Waals surface area (Å²) in [4.78, 5) is 0. The molecule has 1 aliphatic rings. The summed E-state index contributed by atoms with van der Waals surface area (Å²) >= 11 is 0. The third-order valence-electron chi connectivity index (χ3n) is 2.29. The highest BCUT2D eigenvalue weighted by atomic mass is 15.1. The topological polar surface area (TPSA) is 25.8 Å². The summed E-state index contributed by atoms with van der Waals surface area (Å²) in [7, 11) is 0. The van der Waals surface area contributed by atoms with E-state index in [0.29, 0.717) is 5.92 Å². The molecule has 0 atom stereocenters. The maximum Gasteiger partial charge on any atom is 0.0662 e. The molecule has 0 unspecified atom stereocenters. The number of hydrogen-bond donors (Lipinski definition) is 0. The van der Waals surface area contributed by atoms with Gasteiger partial charge in [-0.1, -0.05) is 13.8 Å². The van der Waals surface area contributed by atoms with Crippen molar-refractivity contribution in [3.05, 3.63) is 23.5 Å². The van der Waals surface area contributed by atoms with E-state index in [9.17, 15) is 0 Å². The van der Waals surface area contributed by atoms with Gasteiger partial charge in [-0.2, -0.15) is 10.2 Å². The minimum Gasteiger partial charge on any atom is -0.155 e. The van der Waals surface area contributed by atoms with Crippen molar-refractivity contribution in [2.45, 2.75) is 38.5 Å². The first-order valence-electron chi connectivity index (χ1n) is 4.61. The summed E-state index contributed by atoms with van der Waals surface area (Å²) in [5, 5.41) is 8.40. The van der Waals surface area contributed by atoms with Gasteiger partial charge in [0.25, 0.3) is 0 Å². The summed E-state index contributed by atoms with van der Waals surface area (Å²) in [5.74, 6) is 1.21. The van der Waals surface area contributed by atoms with Crippen LogP contribution in [0.4, 0.5) is 0 Å². The number of aromatic nitrogens is 2. The third-order valence-corrected chi connectivity index (χ3v) is 2.29. The fraction of sp³-hybridized carbons (Fsp3) is 0.600. The Morgan fingerprint density at radius 2 is 2.00 bits per heavy atom. The Kier molecular flexibility index (Phi) is 1.83. The molecule has 0 aromatic carbocycles. The van der Waals surface area contributed by atoms with E-state index in [1.807, 2.05) is 0 Å². The Balaban J connectivity index is 2.18. The lowest BCUT2D eigenvalue weighted by Crippen LogP contribution is -1.97. The van der Waals surface area contributed by atoms with Crippen molar-refractivity contribution < 1.29 is 0 Å². The van der Waals surface area contributed by atoms with Crippen molar-refractivity contribution in [2.24, 2.45) is 0 Å². The maximum absolute atomic E-state index is 4.21. The number of rotatable bonds is 2. The van der Waals surface area contributed by atoms with Gasteiger partial charge in [0.05, 0.1) is 11.4 Å². The van der Waals surface area contributed by atoms with Gasteiger partial charge in [-0.15, -0.1) is 0 Å². The van der Waals surface area contributed by atoms with Crippen LogP contribution in [0.1, 0.15) is 49.9 Å². The van der Waals surface area contributed by atoms with Gasteiger partial charge in [-0.25, -0.2) is 0 Å². The van der Waals surface area contributed by atoms with Gasteiger partial charge in [0.2, 0.25) is 0 Å². The third kappa shape index (κ3) is 1.47. The smallest absolute Gasteiger partial charge is 0.0662 e. The molecule has 0 saturated heterocycles. The summed E-state index contributed by atoms with van der Waals surface area (Å²) in [6, 6.07) is 4.23. The fourth-order valence-corrected chi connectivity index (χ4v) is 1.26. The summed E-state index contributed by atoms with van der Waals surface area (Å²) in [5.41, 5.74) is 2.28. The fourth-order valence-electron chi connectivity index (χ4n) is 1.26. The molecule has 1 aromatic heterocycles. The largest absolute Gasteiger partial charge is 0.155 e. The molecule has 1 aliphatic carbocycles. The van der Waals surface area contributed by atoms with Crippen LogP contribution in [0.25, 0.3) is 0 Å². The molecule has 12 heavy (non-hydrogen) atoms. The molecule has 1 fully saturated rings. The van der Waals surface area contributed by atoms with E-state index in [0.717, 1.165) is 11.6 Å². The van der Waals surface area contributed by atoms with E-state index in [2.05, 4.69) is 36.2 Å². The molecule has 0 bridgehead atoms. The van der Waals surface area contributed by atoms with Gasteiger partial charge in [-0.05, 0) is 30.9 Å². The molecule has 1 heterocycles. The standard InChI is InChI=1S/C10H14N2/c1-7(2)9-5-6-10(12-11-9)8-3-4-8/h5-8H,3-4H2,1-2H3. The van der Waals surface area contributed by atoms with E-state index in [-0.39, 0.29) is 0 Å². The Morgan fingerprint density at radius 1 is 1.25 bits per heavy atom. The van der Waals surface area contributed by atoms with E-state index >= 15 is 0 Å². The van der Waals surface area contributed by atoms with Crippen LogP contribution >= 0.6 is 0 Å². The van der Waals surface area contributed by atoms with Crippen LogP contribution < -0.4 is 0 Å². The average molecular weight is 162 g/mol. The monoisotopic (exact) mass is 162 g/mol. The molecule has 0 spiro atoms. The first-order chi connectivity index (χ1) is 5.77. The maximum atomic E-state index is 4.21. The van der Waals surface area contributed by atoms with Gasteiger partial charge in [0.1, 0.15) is 0 Å². The van der Waals surface area contributed by atoms with E-state index in [1.165, 1.54) is 18.5 Å². The normalized spacial score (nSPS) is 16.9. The Hall–Kier alpha value is -0.920. The zero-order valence-corrected chi connectivity index (χ0v) is 7.62. The summed E-state index contributed by atoms with van der Waals surface area (Å²) in [6.45, 7) is 4.28. The Labute approximate surface area is 73.0 Å². The molecule has 2 heteroatoms. The number of nitrogens with zero attached hydrogens (tertiary/aromatic N) is 2. The van der Waals surface area contributed by atoms with Crippen molar-refractivity contribution in [3.8, 4) is 0 Å². The first-order valence-corrected chi connectivity index (χ1v) is 4.61. The van der Waals surface area contributed by atoms with Crippen LogP contribution in [0, 0.1) is 0 Å². The molecule has 2 nitrogen and oxygen atoms in total. The van der Waals surface area contributed by atoms with Crippen LogP contribution in [0.5, 0.6) is 0 Å². The zero-order valence-electron chi connectivity index (χ0n) is 7.62. The van der Waals surface area contributed by atoms with Gasteiger partial charge < -0.3 is 0 Å². The molecular weight excluding hydrogens is 148 g/mol. The molecular formula is C10H14N2. The summed E-state index contributed by atoms with van der Waals surface area (Å²) in [6.07, 6.45) is 2.60. The number of hydrogen-bond acceptors (Lipinski definition) is 2. The predicted octanol–water partition coefficient (Wildman–Crippen LogP) is 2.48. The van der Waals surface area contributed by atoms with Gasteiger partial charge >= 0.3 is 0 Å². The summed E-state index contributed by atoms with van der Waals surface area (Å²) < 4.78 is 0. The molecule has 64 valence electrons. The molecule has 0 radical (unpaired) electrons. The van der Waals surface area contributed by atoms with Crippen molar-refractivity contribution in [1.82, 2.24) is 10.2 Å². The highest BCUT2D eigenvalue weighted by Gasteiger charge is 2.25. The van der Waals surface area contributed by atoms with Gasteiger partial charge in [0.15, 0.2) is 0 Å². The molecule has 1 saturated carbocycles. The van der Waals surface area contributed by atoms with Crippen molar-refractivity contribution in [3.63, 3.8) is 0 Å². The second-order valence-electron chi connectivity index (χ2n) is 3.81. The molecule has 1 aromatic rings. The van der Waals surface area contributed by atoms with E-state index < -0.39 is 0 Å². The second kappa shape index (κ2) is 2.85. The van der Waals surface area contributed by atoms with Crippen LogP contribution in [-0.2, 0) is 0 Å². The van der Waals surface area contributed by atoms with E-state index in [1.54, 1.807) is 0 Å². The first kappa shape index (κ1) is 7.71. The van der Waals surface area contributed by atoms with Gasteiger partial charge in [-0.3, -0.25) is 0 Å². The van der Waals surface area contributed by atoms with Gasteiger partial charge in [0, 0.05) is 5.92 Å². The molecule has 0 aliphatic heterocycles. The lowest BCUT2D eigenvalue weighted by atomic mass is 10.1. The highest BCUT2D eigenvalue weighted by molar-refractivity contribution is 5.16. The second-order valence-corrected chi connectivity index (χ2v) is 3.81. The van der Waals surface area contributed by atoms with Crippen LogP contribution in [0.15, 0.2) is 12.1 Å². The Bertz CT molecular complexity index is 239. The Morgan fingerprint density at radius 3 is 2.42 bits per heavy atom. The average Bonchev–Trinajstić information content (AvgIpc) is 2.87. The lowest BCUT2D eigenvalue weighted by Gasteiger charge is -2.02. The van der Waals surface area contributed by atoms with Crippen molar-refractivity contribution in [2.75, 3.05) is 0 Å². The van der Waals surface area contributed by atoms with Crippen LogP contribution in [-0.4, -0.2) is 10.2 Å². The van der Waals surface area contributed by atoms with E-state index in [4.69, 9.17) is 0 Å². The lowest BCUT2D eigenvalue weighted by molar-refractivity contribution is 0.766. The SMILES string of the molecule is CC(C)c1ccc(C2CC2)nn1. The van der Waals surface area contributed by atoms with Crippen LogP contribution in [0.3, 0.4) is 0 Å². The highest BCUT2D eigenvalue weighted by Crippen LogP contribution is 2.38. The van der Waals surface area contributed by atoms with Crippen LogP contribution in [0.2, 0.25) is 0 Å². The van der Waals surface area contributed by atoms with Crippen molar-refractivity contribution in [1.29, 1.82) is 0 Å². The van der Waals surface area contributed by atoms with Crippen molar-refractivity contribution >= 4 is 0 Å². The zero-order chi connectivity index (χ0) is 8.55. The minimum absolute atomic E-state index is 0.491. The molecule has 2 rings (SSSR count). The molecule has 0 amide bonds. The minimum atomic E-state index is 0.491.